The summed E-state index contributed by atoms with van der Waals surface area (Å²) in [5.74, 6) is 2.86. The summed E-state index contributed by atoms with van der Waals surface area (Å²) in [6, 6.07) is 10.4. The van der Waals surface area contributed by atoms with Crippen LogP contribution < -0.4 is 15.4 Å². The average molecular weight is 423 g/mol. The molecule has 3 rings (SSSR count). The molecule has 0 unspecified atom stereocenters. The number of terminal acetylenes is 1. The Morgan fingerprint density at radius 2 is 2.26 bits per heavy atom. The molecule has 7 heteroatoms. The standard InChI is InChI=1S/C24H25N5O2/c1-5-17-9-7-10-18(13-17)27-24-19-14-21(28-23(30)11-8-12-29(3)4)22(31-6-2)15-20(19)25-16-26-24/h1,7-11,13-16H,6,12H2,2-4H3,(H,28,30)(H,25,26,27)/b11-8+/i1D,3D3,4D3. The first-order valence-corrected chi connectivity index (χ1v) is 9.39. The number of hydrogen-bond acceptors (Lipinski definition) is 6. The first-order chi connectivity index (χ1) is 17.9. The van der Waals surface area contributed by atoms with Crippen molar-refractivity contribution in [2.75, 3.05) is 37.7 Å². The van der Waals surface area contributed by atoms with Crippen LogP contribution in [-0.2, 0) is 4.79 Å². The number of anilines is 3. The summed E-state index contributed by atoms with van der Waals surface area (Å²) in [5.41, 5.74) is 2.19. The summed E-state index contributed by atoms with van der Waals surface area (Å²) in [5, 5.41) is 6.45. The van der Waals surface area contributed by atoms with Crippen LogP contribution in [0, 0.1) is 12.3 Å². The minimum absolute atomic E-state index is 0.309. The number of benzene rings is 2. The maximum Gasteiger partial charge on any atom is 0.248 e. The lowest BCUT2D eigenvalue weighted by Crippen LogP contribution is -2.13. The molecule has 0 atom stereocenters. The zero-order chi connectivity index (χ0) is 27.9. The summed E-state index contributed by atoms with van der Waals surface area (Å²) >= 11 is 0. The summed E-state index contributed by atoms with van der Waals surface area (Å²) in [6.07, 6.45) is 5.72. The van der Waals surface area contributed by atoms with Crippen LogP contribution in [0.5, 0.6) is 5.75 Å². The monoisotopic (exact) mass is 422 g/mol. The van der Waals surface area contributed by atoms with Crippen molar-refractivity contribution in [1.29, 1.82) is 0 Å². The van der Waals surface area contributed by atoms with Gasteiger partial charge in [0.2, 0.25) is 5.91 Å². The van der Waals surface area contributed by atoms with E-state index in [2.05, 4.69) is 32.9 Å². The van der Waals surface area contributed by atoms with E-state index in [1.165, 1.54) is 6.33 Å². The molecule has 0 aliphatic heterocycles. The van der Waals surface area contributed by atoms with Gasteiger partial charge >= 0.3 is 0 Å². The Bertz CT molecular complexity index is 1380. The molecule has 2 N–H and O–H groups in total. The molecule has 0 saturated carbocycles. The Labute approximate surface area is 192 Å². The van der Waals surface area contributed by atoms with Crippen LogP contribution in [0.3, 0.4) is 0 Å². The Morgan fingerprint density at radius 1 is 1.35 bits per heavy atom. The lowest BCUT2D eigenvalue weighted by atomic mass is 10.1. The molecule has 3 aromatic rings. The Morgan fingerprint density at radius 3 is 3.06 bits per heavy atom. The fourth-order valence-corrected chi connectivity index (χ4v) is 2.81. The van der Waals surface area contributed by atoms with Gasteiger partial charge in [0.05, 0.1) is 17.8 Å². The SMILES string of the molecule is [2H]C#Cc1cccc(Nc2ncnc3cc(OCC)c(NC(=O)/C=C/CN(C([2H])([2H])[2H])C([2H])([2H])[2H])cc23)c1. The number of ether oxygens (including phenoxy) is 1. The lowest BCUT2D eigenvalue weighted by Gasteiger charge is -2.14. The van der Waals surface area contributed by atoms with Crippen molar-refractivity contribution in [1.82, 2.24) is 14.9 Å². The van der Waals surface area contributed by atoms with Gasteiger partial charge in [-0.25, -0.2) is 9.97 Å². The molecule has 1 aromatic heterocycles. The molecule has 158 valence electrons. The quantitative estimate of drug-likeness (QED) is 0.425. The molecular weight excluding hydrogens is 390 g/mol. The van der Waals surface area contributed by atoms with Crippen molar-refractivity contribution in [2.24, 2.45) is 0 Å². The van der Waals surface area contributed by atoms with Crippen molar-refractivity contribution in [3.63, 3.8) is 0 Å². The largest absolute Gasteiger partial charge is 0.492 e. The fraction of sp³-hybridized carbons (Fsp3) is 0.208. The first kappa shape index (κ1) is 14.2. The van der Waals surface area contributed by atoms with Gasteiger partial charge in [0.1, 0.15) is 19.3 Å². The molecule has 0 saturated heterocycles. The van der Waals surface area contributed by atoms with E-state index >= 15 is 0 Å². The number of likely N-dealkylation sites (N-methyl/N-ethyl adjacent to an activating group) is 1. The molecule has 0 radical (unpaired) electrons. The van der Waals surface area contributed by atoms with Crippen LogP contribution in [0.1, 0.15) is 22.1 Å². The smallest absolute Gasteiger partial charge is 0.248 e. The number of aromatic nitrogens is 2. The van der Waals surface area contributed by atoms with E-state index < -0.39 is 26.4 Å². The molecule has 1 heterocycles. The number of hydrogen-bond donors (Lipinski definition) is 2. The molecule has 0 aliphatic carbocycles. The van der Waals surface area contributed by atoms with E-state index in [0.29, 0.717) is 50.9 Å². The van der Waals surface area contributed by atoms with Gasteiger partial charge in [0.15, 0.2) is 0 Å². The highest BCUT2D eigenvalue weighted by molar-refractivity contribution is 6.03. The number of rotatable bonds is 8. The maximum atomic E-state index is 12.6. The first-order valence-electron chi connectivity index (χ1n) is 12.9. The van der Waals surface area contributed by atoms with Crippen molar-refractivity contribution < 1.29 is 19.1 Å². The molecule has 0 bridgehead atoms. The van der Waals surface area contributed by atoms with Gasteiger partial charge in [-0.2, -0.15) is 0 Å². The van der Waals surface area contributed by atoms with E-state index in [-0.39, 0.29) is 0 Å². The van der Waals surface area contributed by atoms with Gasteiger partial charge < -0.3 is 20.3 Å². The molecule has 0 spiro atoms. The van der Waals surface area contributed by atoms with Gasteiger partial charge in [0, 0.05) is 43.5 Å². The van der Waals surface area contributed by atoms with Crippen molar-refractivity contribution in [2.45, 2.75) is 6.92 Å². The number of carbonyl (C=O) groups excluding carboxylic acids is 1. The van der Waals surface area contributed by atoms with E-state index in [1.54, 1.807) is 37.3 Å². The third-order valence-electron chi connectivity index (χ3n) is 4.12. The Kier molecular flexibility index (Phi) is 4.68. The number of fused-ring (bicyclic) bond motifs is 1. The average Bonchev–Trinajstić information content (AvgIpc) is 2.82. The normalized spacial score (nSPS) is 14.8. The van der Waals surface area contributed by atoms with Crippen LogP contribution >= 0.6 is 0 Å². The molecule has 1 amide bonds. The molecule has 31 heavy (non-hydrogen) atoms. The Hall–Kier alpha value is -3.89. The van der Waals surface area contributed by atoms with Gasteiger partial charge in [-0.3, -0.25) is 4.79 Å². The molecule has 2 aromatic carbocycles. The third-order valence-corrected chi connectivity index (χ3v) is 4.12. The minimum atomic E-state index is -2.86. The van der Waals surface area contributed by atoms with E-state index in [4.69, 9.17) is 14.3 Å². The summed E-state index contributed by atoms with van der Waals surface area (Å²) in [7, 11) is 0. The summed E-state index contributed by atoms with van der Waals surface area (Å²) in [6.45, 7) is -4.10. The van der Waals surface area contributed by atoms with Crippen LogP contribution in [0.15, 0.2) is 54.9 Å². The number of nitrogens with zero attached hydrogens (tertiary/aromatic N) is 3. The topological polar surface area (TPSA) is 79.4 Å². The number of nitrogens with one attached hydrogen (secondary N) is 2. The molecule has 7 nitrogen and oxygen atoms in total. The summed E-state index contributed by atoms with van der Waals surface area (Å²) in [4.78, 5) is 21.6. The van der Waals surface area contributed by atoms with Gasteiger partial charge in [-0.05, 0) is 45.1 Å². The van der Waals surface area contributed by atoms with Gasteiger partial charge in [0.25, 0.3) is 0 Å². The number of amides is 1. The summed E-state index contributed by atoms with van der Waals surface area (Å²) < 4.78 is 57.2. The van der Waals surface area contributed by atoms with E-state index in [9.17, 15) is 4.79 Å². The second-order valence-corrected chi connectivity index (χ2v) is 6.35. The fourth-order valence-electron chi connectivity index (χ4n) is 2.81. The highest BCUT2D eigenvalue weighted by Crippen LogP contribution is 2.33. The molecular formula is C24H25N5O2. The number of carbonyl (C=O) groups is 1. The van der Waals surface area contributed by atoms with Crippen LogP contribution in [0.25, 0.3) is 10.9 Å². The second kappa shape index (κ2) is 10.2. The predicted octanol–water partition coefficient (Wildman–Crippen LogP) is 3.81. The zero-order valence-electron chi connectivity index (χ0n) is 23.8. The van der Waals surface area contributed by atoms with Crippen molar-refractivity contribution >= 4 is 34.0 Å². The zero-order valence-corrected chi connectivity index (χ0v) is 16.8. The predicted molar refractivity (Wildman–Crippen MR) is 125 cm³/mol. The minimum Gasteiger partial charge on any atom is -0.492 e. The molecule has 0 fully saturated rings. The van der Waals surface area contributed by atoms with Crippen LogP contribution in [0.2, 0.25) is 0 Å². The second-order valence-electron chi connectivity index (χ2n) is 6.35. The van der Waals surface area contributed by atoms with Gasteiger partial charge in [-0.15, -0.1) is 6.40 Å². The lowest BCUT2D eigenvalue weighted by molar-refractivity contribution is -0.111. The van der Waals surface area contributed by atoms with E-state index in [1.807, 2.05) is 6.07 Å². The third kappa shape index (κ3) is 5.81. The highest BCUT2D eigenvalue weighted by Gasteiger charge is 2.13. The van der Waals surface area contributed by atoms with Crippen LogP contribution in [-0.4, -0.2) is 47.9 Å². The van der Waals surface area contributed by atoms with Crippen molar-refractivity contribution in [3.8, 4) is 18.1 Å². The maximum absolute atomic E-state index is 12.6. The van der Waals surface area contributed by atoms with Gasteiger partial charge in [-0.1, -0.05) is 18.1 Å². The highest BCUT2D eigenvalue weighted by atomic mass is 16.5. The van der Waals surface area contributed by atoms with Crippen molar-refractivity contribution in [3.05, 3.63) is 60.4 Å². The molecule has 0 aliphatic rings. The van der Waals surface area contributed by atoms with Crippen LogP contribution in [0.4, 0.5) is 17.2 Å². The van der Waals surface area contributed by atoms with E-state index in [0.717, 1.165) is 12.2 Å². The Balaban J connectivity index is 1.89.